The van der Waals surface area contributed by atoms with E-state index in [4.69, 9.17) is 0 Å². The maximum absolute atomic E-state index is 11.3. The summed E-state index contributed by atoms with van der Waals surface area (Å²) in [6.07, 6.45) is 1.05. The topological polar surface area (TPSA) is 25.2 Å². The van der Waals surface area contributed by atoms with Crippen LogP contribution in [0, 0.1) is 0 Å². The lowest BCUT2D eigenvalue weighted by atomic mass is 10.1. The summed E-state index contributed by atoms with van der Waals surface area (Å²) in [6.45, 7) is 3.68. The van der Waals surface area contributed by atoms with Crippen molar-refractivity contribution in [2.45, 2.75) is 19.9 Å². The number of carbonyl (C=O) groups excluding carboxylic acids is 1. The van der Waals surface area contributed by atoms with Crippen LogP contribution in [0.15, 0.2) is 6.07 Å². The summed E-state index contributed by atoms with van der Waals surface area (Å²) in [7, 11) is 4.10. The van der Waals surface area contributed by atoms with Crippen molar-refractivity contribution in [3.8, 4) is 0 Å². The van der Waals surface area contributed by atoms with E-state index in [-0.39, 0.29) is 5.78 Å². The van der Waals surface area contributed by atoms with Gasteiger partial charge in [-0.2, -0.15) is 0 Å². The van der Waals surface area contributed by atoms with E-state index in [0.29, 0.717) is 0 Å². The molecule has 1 aliphatic heterocycles. The predicted octanol–water partition coefficient (Wildman–Crippen LogP) is 1.22. The van der Waals surface area contributed by atoms with Crippen LogP contribution in [0.5, 0.6) is 0 Å². The van der Waals surface area contributed by atoms with Crippen molar-refractivity contribution in [1.29, 1.82) is 0 Å². The van der Waals surface area contributed by atoms with E-state index in [2.05, 4.69) is 11.9 Å². The van der Waals surface area contributed by atoms with Crippen LogP contribution in [0.25, 0.3) is 0 Å². The van der Waals surface area contributed by atoms with Gasteiger partial charge < -0.3 is 9.47 Å². The second-order valence-electron chi connectivity index (χ2n) is 4.10. The fourth-order valence-electron chi connectivity index (χ4n) is 2.18. The minimum atomic E-state index is 0.157. The minimum absolute atomic E-state index is 0.157. The van der Waals surface area contributed by atoms with Gasteiger partial charge in [-0.3, -0.25) is 4.79 Å². The molecular weight excluding hydrogens is 176 g/mol. The number of likely N-dealkylation sites (N-methyl/N-ethyl adjacent to an activating group) is 1. The fourth-order valence-corrected chi connectivity index (χ4v) is 2.18. The zero-order chi connectivity index (χ0) is 10.3. The van der Waals surface area contributed by atoms with Gasteiger partial charge in [-0.1, -0.05) is 0 Å². The molecule has 76 valence electrons. The monoisotopic (exact) mass is 192 g/mol. The highest BCUT2D eigenvalue weighted by Gasteiger charge is 2.19. The summed E-state index contributed by atoms with van der Waals surface area (Å²) in [5.74, 6) is 0.157. The van der Waals surface area contributed by atoms with Gasteiger partial charge >= 0.3 is 0 Å². The Hall–Kier alpha value is -1.09. The van der Waals surface area contributed by atoms with Crippen LogP contribution in [-0.4, -0.2) is 28.8 Å². The molecule has 2 rings (SSSR count). The number of aromatic nitrogens is 1. The van der Waals surface area contributed by atoms with Crippen LogP contribution < -0.4 is 0 Å². The predicted molar refractivity (Wildman–Crippen MR) is 55.5 cm³/mol. The summed E-state index contributed by atoms with van der Waals surface area (Å²) in [6, 6.07) is 2.04. The summed E-state index contributed by atoms with van der Waals surface area (Å²) in [4.78, 5) is 13.6. The SMILES string of the molecule is CC(=O)c1cc2c(n1C)CCN(C)C2. The molecule has 0 aromatic carbocycles. The van der Waals surface area contributed by atoms with Gasteiger partial charge in [-0.25, -0.2) is 0 Å². The lowest BCUT2D eigenvalue weighted by Crippen LogP contribution is -2.26. The second-order valence-corrected chi connectivity index (χ2v) is 4.10. The molecule has 0 N–H and O–H groups in total. The van der Waals surface area contributed by atoms with Crippen LogP contribution in [0.2, 0.25) is 0 Å². The molecule has 3 nitrogen and oxygen atoms in total. The van der Waals surface area contributed by atoms with Gasteiger partial charge in [0.1, 0.15) is 0 Å². The summed E-state index contributed by atoms with van der Waals surface area (Å²) >= 11 is 0. The Morgan fingerprint density at radius 1 is 1.43 bits per heavy atom. The molecule has 0 bridgehead atoms. The van der Waals surface area contributed by atoms with Crippen LogP contribution >= 0.6 is 0 Å². The number of rotatable bonds is 1. The van der Waals surface area contributed by atoms with E-state index >= 15 is 0 Å². The fraction of sp³-hybridized carbons (Fsp3) is 0.545. The van der Waals surface area contributed by atoms with Crippen LogP contribution in [0.1, 0.15) is 28.7 Å². The first-order chi connectivity index (χ1) is 6.59. The van der Waals surface area contributed by atoms with Gasteiger partial charge in [0, 0.05) is 39.2 Å². The molecule has 2 heterocycles. The normalized spacial score (nSPS) is 16.8. The van der Waals surface area contributed by atoms with Crippen molar-refractivity contribution in [2.75, 3.05) is 13.6 Å². The van der Waals surface area contributed by atoms with Crippen molar-refractivity contribution >= 4 is 5.78 Å². The summed E-state index contributed by atoms with van der Waals surface area (Å²) in [5.41, 5.74) is 3.48. The molecule has 0 aliphatic carbocycles. The molecular formula is C11H16N2O. The lowest BCUT2D eigenvalue weighted by Gasteiger charge is -2.23. The first-order valence-corrected chi connectivity index (χ1v) is 4.96. The Balaban J connectivity index is 2.45. The number of ketones is 1. The van der Waals surface area contributed by atoms with Crippen molar-refractivity contribution in [3.05, 3.63) is 23.0 Å². The lowest BCUT2D eigenvalue weighted by molar-refractivity contribution is 0.101. The zero-order valence-corrected chi connectivity index (χ0v) is 9.00. The Kier molecular flexibility index (Phi) is 2.19. The van der Waals surface area contributed by atoms with Crippen molar-refractivity contribution in [1.82, 2.24) is 9.47 Å². The van der Waals surface area contributed by atoms with E-state index in [0.717, 1.165) is 25.2 Å². The quantitative estimate of drug-likeness (QED) is 0.625. The Morgan fingerprint density at radius 2 is 2.14 bits per heavy atom. The summed E-state index contributed by atoms with van der Waals surface area (Å²) in [5, 5.41) is 0. The van der Waals surface area contributed by atoms with Gasteiger partial charge in [0.25, 0.3) is 0 Å². The first kappa shape index (κ1) is 9.46. The van der Waals surface area contributed by atoms with E-state index < -0.39 is 0 Å². The van der Waals surface area contributed by atoms with Gasteiger partial charge in [0.2, 0.25) is 0 Å². The molecule has 3 heteroatoms. The number of carbonyl (C=O) groups is 1. The number of fused-ring (bicyclic) bond motifs is 1. The number of hydrogen-bond acceptors (Lipinski definition) is 2. The van der Waals surface area contributed by atoms with Gasteiger partial charge in [-0.15, -0.1) is 0 Å². The number of hydrogen-bond donors (Lipinski definition) is 0. The minimum Gasteiger partial charge on any atom is -0.345 e. The van der Waals surface area contributed by atoms with Gasteiger partial charge in [0.05, 0.1) is 5.69 Å². The first-order valence-electron chi connectivity index (χ1n) is 4.96. The molecule has 0 amide bonds. The average Bonchev–Trinajstić information content (AvgIpc) is 2.43. The van der Waals surface area contributed by atoms with E-state index in [1.807, 2.05) is 17.7 Å². The third-order valence-corrected chi connectivity index (χ3v) is 2.98. The molecule has 1 aliphatic rings. The van der Waals surface area contributed by atoms with Gasteiger partial charge in [0.15, 0.2) is 5.78 Å². The van der Waals surface area contributed by atoms with Crippen molar-refractivity contribution < 1.29 is 4.79 Å². The highest BCUT2D eigenvalue weighted by molar-refractivity contribution is 5.93. The molecule has 0 spiro atoms. The maximum Gasteiger partial charge on any atom is 0.176 e. The third kappa shape index (κ3) is 1.38. The largest absolute Gasteiger partial charge is 0.345 e. The third-order valence-electron chi connectivity index (χ3n) is 2.98. The highest BCUT2D eigenvalue weighted by atomic mass is 16.1. The van der Waals surface area contributed by atoms with E-state index in [1.54, 1.807) is 6.92 Å². The number of nitrogens with zero attached hydrogens (tertiary/aromatic N) is 2. The van der Waals surface area contributed by atoms with Crippen LogP contribution in [0.4, 0.5) is 0 Å². The molecule has 0 fully saturated rings. The molecule has 14 heavy (non-hydrogen) atoms. The maximum atomic E-state index is 11.3. The average molecular weight is 192 g/mol. The Morgan fingerprint density at radius 3 is 2.79 bits per heavy atom. The molecule has 0 saturated heterocycles. The molecule has 0 atom stereocenters. The standard InChI is InChI=1S/C11H16N2O/c1-8(14)11-6-9-7-12(2)5-4-10(9)13(11)3/h6H,4-5,7H2,1-3H3. The van der Waals surface area contributed by atoms with Crippen LogP contribution in [0.3, 0.4) is 0 Å². The number of Topliss-reactive ketones (excluding diaryl/α,β-unsaturated/α-hetero) is 1. The zero-order valence-electron chi connectivity index (χ0n) is 9.00. The van der Waals surface area contributed by atoms with Crippen molar-refractivity contribution in [3.63, 3.8) is 0 Å². The van der Waals surface area contributed by atoms with Gasteiger partial charge in [-0.05, 0) is 18.7 Å². The second kappa shape index (κ2) is 3.24. The molecule has 1 aromatic heterocycles. The molecule has 0 unspecified atom stereocenters. The highest BCUT2D eigenvalue weighted by Crippen LogP contribution is 2.21. The van der Waals surface area contributed by atoms with E-state index in [9.17, 15) is 4.79 Å². The molecule has 1 aromatic rings. The summed E-state index contributed by atoms with van der Waals surface area (Å²) < 4.78 is 2.05. The van der Waals surface area contributed by atoms with E-state index in [1.165, 1.54) is 11.3 Å². The molecule has 0 radical (unpaired) electrons. The van der Waals surface area contributed by atoms with Crippen LogP contribution in [-0.2, 0) is 20.0 Å². The Bertz CT molecular complexity index is 379. The smallest absolute Gasteiger partial charge is 0.176 e. The Labute approximate surface area is 84.3 Å². The van der Waals surface area contributed by atoms with Crippen molar-refractivity contribution in [2.24, 2.45) is 7.05 Å². The molecule has 0 saturated carbocycles.